The molecule has 166 valence electrons. The number of aromatic nitrogens is 6. The van der Waals surface area contributed by atoms with Crippen molar-refractivity contribution >= 4 is 28.6 Å². The molecule has 0 aliphatic heterocycles. The Bertz CT molecular complexity index is 1260. The first-order chi connectivity index (χ1) is 15.3. The van der Waals surface area contributed by atoms with Gasteiger partial charge < -0.3 is 15.2 Å². The second-order valence-electron chi connectivity index (χ2n) is 7.51. The number of pyridine rings is 1. The standard InChI is InChI=1S/C21H22F2N8O/c1-12(2)31-11-14(9-27-31)20(32)29-19-7-16-13(8-25-19)6-17(30(16)3)15-4-5-24-21(28-15)26-10-18(22)23/h4-9,11-12,18H,10H2,1-3H3,(H,24,26,28)(H,25,29,32). The summed E-state index contributed by atoms with van der Waals surface area (Å²) < 4.78 is 28.5. The lowest BCUT2D eigenvalue weighted by molar-refractivity contribution is 0.102. The van der Waals surface area contributed by atoms with E-state index in [-0.39, 0.29) is 17.9 Å². The van der Waals surface area contributed by atoms with Crippen molar-refractivity contribution in [3.05, 3.63) is 48.5 Å². The van der Waals surface area contributed by atoms with Crippen LogP contribution in [0.4, 0.5) is 20.5 Å². The third-order valence-corrected chi connectivity index (χ3v) is 4.89. The molecule has 4 heterocycles. The van der Waals surface area contributed by atoms with Crippen LogP contribution < -0.4 is 10.6 Å². The highest BCUT2D eigenvalue weighted by atomic mass is 19.3. The molecule has 0 spiro atoms. The van der Waals surface area contributed by atoms with Gasteiger partial charge in [-0.25, -0.2) is 23.7 Å². The van der Waals surface area contributed by atoms with Gasteiger partial charge in [-0.1, -0.05) is 0 Å². The third kappa shape index (κ3) is 4.41. The topological polar surface area (TPSA) is 103 Å². The Morgan fingerprint density at radius 1 is 1.19 bits per heavy atom. The van der Waals surface area contributed by atoms with Gasteiger partial charge >= 0.3 is 0 Å². The molecule has 4 aromatic heterocycles. The highest BCUT2D eigenvalue weighted by Gasteiger charge is 2.14. The van der Waals surface area contributed by atoms with E-state index in [4.69, 9.17) is 0 Å². The molecule has 11 heteroatoms. The summed E-state index contributed by atoms with van der Waals surface area (Å²) >= 11 is 0. The lowest BCUT2D eigenvalue weighted by Crippen LogP contribution is -2.12. The van der Waals surface area contributed by atoms with Gasteiger partial charge in [-0.15, -0.1) is 0 Å². The fraction of sp³-hybridized carbons (Fsp3) is 0.286. The Morgan fingerprint density at radius 2 is 2.00 bits per heavy atom. The zero-order valence-corrected chi connectivity index (χ0v) is 17.8. The smallest absolute Gasteiger partial charge is 0.260 e. The van der Waals surface area contributed by atoms with E-state index in [2.05, 4.69) is 30.7 Å². The molecule has 4 rings (SSSR count). The molecule has 0 unspecified atom stereocenters. The summed E-state index contributed by atoms with van der Waals surface area (Å²) in [6.45, 7) is 3.43. The number of nitrogens with one attached hydrogen (secondary N) is 2. The quantitative estimate of drug-likeness (QED) is 0.454. The Morgan fingerprint density at radius 3 is 2.72 bits per heavy atom. The Balaban J connectivity index is 1.58. The van der Waals surface area contributed by atoms with E-state index < -0.39 is 13.0 Å². The Labute approximate surface area is 182 Å². The summed E-state index contributed by atoms with van der Waals surface area (Å²) in [6.07, 6.45) is 3.87. The van der Waals surface area contributed by atoms with Crippen molar-refractivity contribution in [1.29, 1.82) is 0 Å². The second-order valence-corrected chi connectivity index (χ2v) is 7.51. The second kappa shape index (κ2) is 8.69. The minimum absolute atomic E-state index is 0.126. The number of carbonyl (C=O) groups is 1. The average Bonchev–Trinajstić information content (AvgIpc) is 3.38. The number of rotatable bonds is 7. The van der Waals surface area contributed by atoms with Gasteiger partial charge in [0.1, 0.15) is 5.82 Å². The summed E-state index contributed by atoms with van der Waals surface area (Å²) in [4.78, 5) is 25.2. The van der Waals surface area contributed by atoms with Gasteiger partial charge in [0.2, 0.25) is 5.95 Å². The Hall–Kier alpha value is -3.89. The number of halogens is 2. The van der Waals surface area contributed by atoms with Crippen molar-refractivity contribution in [3.8, 4) is 11.4 Å². The van der Waals surface area contributed by atoms with Gasteiger partial charge in [-0.05, 0) is 26.0 Å². The SMILES string of the molecule is CC(C)n1cc(C(=O)Nc2cc3c(cn2)cc(-c2ccnc(NCC(F)F)n2)n3C)cn1. The van der Waals surface area contributed by atoms with Crippen LogP contribution in [0.3, 0.4) is 0 Å². The fourth-order valence-corrected chi connectivity index (χ4v) is 3.23. The molecule has 0 saturated heterocycles. The minimum atomic E-state index is -2.50. The van der Waals surface area contributed by atoms with Crippen LogP contribution in [-0.2, 0) is 7.05 Å². The molecule has 0 atom stereocenters. The van der Waals surface area contributed by atoms with E-state index in [1.807, 2.05) is 31.5 Å². The zero-order chi connectivity index (χ0) is 22.8. The summed E-state index contributed by atoms with van der Waals surface area (Å²) in [5.41, 5.74) is 2.59. The van der Waals surface area contributed by atoms with Crippen LogP contribution in [0.1, 0.15) is 30.2 Å². The van der Waals surface area contributed by atoms with Gasteiger partial charge in [0.15, 0.2) is 0 Å². The lowest BCUT2D eigenvalue weighted by atomic mass is 10.2. The van der Waals surface area contributed by atoms with E-state index in [1.54, 1.807) is 29.2 Å². The molecule has 0 aromatic carbocycles. The summed E-state index contributed by atoms with van der Waals surface area (Å²) in [6, 6.07) is 5.51. The molecule has 2 N–H and O–H groups in total. The number of carbonyl (C=O) groups excluding carboxylic acids is 1. The summed E-state index contributed by atoms with van der Waals surface area (Å²) in [5.74, 6) is 0.222. The first-order valence-electron chi connectivity index (χ1n) is 9.98. The predicted molar refractivity (Wildman–Crippen MR) is 117 cm³/mol. The zero-order valence-electron chi connectivity index (χ0n) is 17.8. The molecule has 0 aliphatic rings. The van der Waals surface area contributed by atoms with E-state index in [0.29, 0.717) is 17.1 Å². The van der Waals surface area contributed by atoms with Crippen molar-refractivity contribution in [2.24, 2.45) is 7.05 Å². The van der Waals surface area contributed by atoms with Crippen molar-refractivity contribution in [2.45, 2.75) is 26.3 Å². The van der Waals surface area contributed by atoms with E-state index in [1.165, 1.54) is 12.4 Å². The highest BCUT2D eigenvalue weighted by Crippen LogP contribution is 2.27. The van der Waals surface area contributed by atoms with Gasteiger partial charge in [0, 0.05) is 43.1 Å². The van der Waals surface area contributed by atoms with E-state index in [0.717, 1.165) is 16.6 Å². The summed E-state index contributed by atoms with van der Waals surface area (Å²) in [7, 11) is 1.85. The molecule has 1 amide bonds. The lowest BCUT2D eigenvalue weighted by Gasteiger charge is -2.08. The van der Waals surface area contributed by atoms with Gasteiger partial charge in [0.25, 0.3) is 12.3 Å². The van der Waals surface area contributed by atoms with Gasteiger partial charge in [-0.2, -0.15) is 5.10 Å². The molecule has 0 aliphatic carbocycles. The molecular weight excluding hydrogens is 418 g/mol. The average molecular weight is 440 g/mol. The normalized spacial score (nSPS) is 11.5. The first kappa shape index (κ1) is 21.3. The number of anilines is 2. The number of amides is 1. The molecule has 32 heavy (non-hydrogen) atoms. The first-order valence-corrected chi connectivity index (χ1v) is 9.98. The summed E-state index contributed by atoms with van der Waals surface area (Å²) in [5, 5.41) is 10.3. The highest BCUT2D eigenvalue weighted by molar-refractivity contribution is 6.04. The number of hydrogen-bond acceptors (Lipinski definition) is 6. The van der Waals surface area contributed by atoms with Crippen molar-refractivity contribution in [3.63, 3.8) is 0 Å². The maximum Gasteiger partial charge on any atom is 0.260 e. The molecule has 9 nitrogen and oxygen atoms in total. The predicted octanol–water partition coefficient (Wildman–Crippen LogP) is 3.74. The van der Waals surface area contributed by atoms with Crippen LogP contribution in [0.25, 0.3) is 22.3 Å². The number of hydrogen-bond donors (Lipinski definition) is 2. The minimum Gasteiger partial charge on any atom is -0.348 e. The maximum absolute atomic E-state index is 12.6. The van der Waals surface area contributed by atoms with Crippen LogP contribution in [0, 0.1) is 0 Å². The fourth-order valence-electron chi connectivity index (χ4n) is 3.23. The van der Waals surface area contributed by atoms with Crippen molar-refractivity contribution in [2.75, 3.05) is 17.2 Å². The molecule has 0 bridgehead atoms. The monoisotopic (exact) mass is 440 g/mol. The van der Waals surface area contributed by atoms with Crippen LogP contribution in [0.5, 0.6) is 0 Å². The van der Waals surface area contributed by atoms with E-state index in [9.17, 15) is 13.6 Å². The molecule has 0 fully saturated rings. The molecule has 4 aromatic rings. The number of aryl methyl sites for hydroxylation is 1. The largest absolute Gasteiger partial charge is 0.348 e. The number of fused-ring (bicyclic) bond motifs is 1. The molecule has 0 saturated carbocycles. The molecular formula is C21H22F2N8O. The van der Waals surface area contributed by atoms with Crippen molar-refractivity contribution in [1.82, 2.24) is 29.3 Å². The number of nitrogens with zero attached hydrogens (tertiary/aromatic N) is 6. The Kier molecular flexibility index (Phi) is 5.80. The van der Waals surface area contributed by atoms with Crippen molar-refractivity contribution < 1.29 is 13.6 Å². The van der Waals surface area contributed by atoms with E-state index >= 15 is 0 Å². The third-order valence-electron chi connectivity index (χ3n) is 4.89. The van der Waals surface area contributed by atoms with Crippen LogP contribution in [0.15, 0.2) is 43.0 Å². The van der Waals surface area contributed by atoms with Crippen LogP contribution in [0.2, 0.25) is 0 Å². The number of alkyl halides is 2. The van der Waals surface area contributed by atoms with Crippen LogP contribution >= 0.6 is 0 Å². The van der Waals surface area contributed by atoms with Gasteiger partial charge in [-0.3, -0.25) is 9.48 Å². The molecule has 0 radical (unpaired) electrons. The van der Waals surface area contributed by atoms with Gasteiger partial charge in [0.05, 0.1) is 35.2 Å². The van der Waals surface area contributed by atoms with Crippen LogP contribution in [-0.4, -0.2) is 48.2 Å². The maximum atomic E-state index is 12.6.